The summed E-state index contributed by atoms with van der Waals surface area (Å²) in [7, 11) is 0. The molecule has 0 aromatic carbocycles. The third-order valence-electron chi connectivity index (χ3n) is 2.82. The smallest absolute Gasteiger partial charge is 0.352 e. The van der Waals surface area contributed by atoms with Crippen molar-refractivity contribution in [2.75, 3.05) is 11.1 Å². The topological polar surface area (TPSA) is 120 Å². The largest absolute Gasteiger partial charge is 0.469 e. The van der Waals surface area contributed by atoms with Gasteiger partial charge in [-0.05, 0) is 25.5 Å². The van der Waals surface area contributed by atoms with Crippen LogP contribution in [-0.2, 0) is 6.42 Å². The van der Waals surface area contributed by atoms with Gasteiger partial charge in [-0.15, -0.1) is 0 Å². The minimum atomic E-state index is -0.586. The number of anilines is 2. The molecule has 1 atom stereocenters. The predicted octanol–water partition coefficient (Wildman–Crippen LogP) is 1.99. The van der Waals surface area contributed by atoms with Crippen LogP contribution in [0.3, 0.4) is 0 Å². The quantitative estimate of drug-likeness (QED) is 0.611. The molecule has 1 unspecified atom stereocenters. The van der Waals surface area contributed by atoms with Gasteiger partial charge >= 0.3 is 5.69 Å². The third kappa shape index (κ3) is 3.22. The van der Waals surface area contributed by atoms with Crippen LogP contribution in [-0.4, -0.2) is 20.9 Å². The molecular weight excluding hydrogens is 262 g/mol. The number of rotatable bonds is 6. The molecule has 0 bridgehead atoms. The van der Waals surface area contributed by atoms with E-state index >= 15 is 0 Å². The number of aromatic nitrogens is 2. The first-order chi connectivity index (χ1) is 9.58. The van der Waals surface area contributed by atoms with Gasteiger partial charge in [0, 0.05) is 12.5 Å². The van der Waals surface area contributed by atoms with Gasteiger partial charge in [0.15, 0.2) is 0 Å². The van der Waals surface area contributed by atoms with Crippen LogP contribution in [0.1, 0.15) is 19.1 Å². The molecule has 3 N–H and O–H groups in total. The van der Waals surface area contributed by atoms with Crippen molar-refractivity contribution < 1.29 is 9.34 Å². The van der Waals surface area contributed by atoms with E-state index in [1.807, 2.05) is 19.1 Å². The van der Waals surface area contributed by atoms with Crippen LogP contribution in [0.4, 0.5) is 17.3 Å². The molecular formula is C12H15N5O3. The lowest BCUT2D eigenvalue weighted by Gasteiger charge is -2.13. The van der Waals surface area contributed by atoms with Crippen molar-refractivity contribution in [3.8, 4) is 0 Å². The van der Waals surface area contributed by atoms with Crippen LogP contribution < -0.4 is 11.1 Å². The highest BCUT2D eigenvalue weighted by molar-refractivity contribution is 5.67. The van der Waals surface area contributed by atoms with Gasteiger partial charge < -0.3 is 15.5 Å². The summed E-state index contributed by atoms with van der Waals surface area (Å²) in [4.78, 5) is 17.9. The maximum Gasteiger partial charge on any atom is 0.352 e. The Balaban J connectivity index is 2.02. The van der Waals surface area contributed by atoms with E-state index in [0.717, 1.165) is 18.6 Å². The van der Waals surface area contributed by atoms with Gasteiger partial charge in [0.1, 0.15) is 12.1 Å². The zero-order valence-corrected chi connectivity index (χ0v) is 10.9. The number of nitrogens with two attached hydrogens (primary N) is 1. The summed E-state index contributed by atoms with van der Waals surface area (Å²) in [6.07, 6.45) is 4.29. The first-order valence-corrected chi connectivity index (χ1v) is 6.11. The number of nitro groups is 1. The molecule has 0 fully saturated rings. The lowest BCUT2D eigenvalue weighted by Crippen LogP contribution is -2.18. The van der Waals surface area contributed by atoms with Crippen LogP contribution in [0, 0.1) is 10.1 Å². The average Bonchev–Trinajstić information content (AvgIpc) is 2.89. The second kappa shape index (κ2) is 6.00. The van der Waals surface area contributed by atoms with Gasteiger partial charge in [0.2, 0.25) is 11.6 Å². The number of nitrogen functional groups attached to an aromatic ring is 1. The van der Waals surface area contributed by atoms with E-state index in [0.29, 0.717) is 0 Å². The van der Waals surface area contributed by atoms with Crippen molar-refractivity contribution in [1.82, 2.24) is 9.97 Å². The molecule has 8 nitrogen and oxygen atoms in total. The van der Waals surface area contributed by atoms with Crippen LogP contribution in [0.5, 0.6) is 0 Å². The van der Waals surface area contributed by atoms with Crippen LogP contribution >= 0.6 is 0 Å². The highest BCUT2D eigenvalue weighted by Gasteiger charge is 2.21. The summed E-state index contributed by atoms with van der Waals surface area (Å²) in [6.45, 7) is 1.91. The third-order valence-corrected chi connectivity index (χ3v) is 2.82. The Bertz CT molecular complexity index is 585. The zero-order chi connectivity index (χ0) is 14.5. The number of aryl methyl sites for hydroxylation is 1. The molecule has 20 heavy (non-hydrogen) atoms. The second-order valence-electron chi connectivity index (χ2n) is 4.38. The summed E-state index contributed by atoms with van der Waals surface area (Å²) in [5, 5.41) is 13.9. The summed E-state index contributed by atoms with van der Waals surface area (Å²) in [5.41, 5.74) is 5.21. The Morgan fingerprint density at radius 1 is 1.55 bits per heavy atom. The second-order valence-corrected chi connectivity index (χ2v) is 4.38. The number of furan rings is 1. The van der Waals surface area contributed by atoms with Gasteiger partial charge in [-0.3, -0.25) is 10.1 Å². The Morgan fingerprint density at radius 3 is 3.00 bits per heavy atom. The fourth-order valence-electron chi connectivity index (χ4n) is 1.80. The number of hydrogen-bond acceptors (Lipinski definition) is 7. The van der Waals surface area contributed by atoms with E-state index in [9.17, 15) is 10.1 Å². The molecule has 106 valence electrons. The normalized spacial score (nSPS) is 12.1. The lowest BCUT2D eigenvalue weighted by molar-refractivity contribution is -0.383. The van der Waals surface area contributed by atoms with Crippen LogP contribution in [0.25, 0.3) is 0 Å². The molecule has 0 aliphatic carbocycles. The molecule has 2 rings (SSSR count). The van der Waals surface area contributed by atoms with E-state index in [1.54, 1.807) is 6.26 Å². The maximum atomic E-state index is 11.0. The van der Waals surface area contributed by atoms with Gasteiger partial charge in [0.05, 0.1) is 11.2 Å². The highest BCUT2D eigenvalue weighted by atomic mass is 16.6. The SMILES string of the molecule is CC(CCc1ccco1)Nc1ncnc(N)c1[N+](=O)[O-]. The van der Waals surface area contributed by atoms with Crippen molar-refractivity contribution in [3.05, 3.63) is 40.6 Å². The van der Waals surface area contributed by atoms with E-state index in [1.165, 1.54) is 6.33 Å². The van der Waals surface area contributed by atoms with Crippen molar-refractivity contribution in [3.63, 3.8) is 0 Å². The van der Waals surface area contributed by atoms with Gasteiger partial charge in [0.25, 0.3) is 0 Å². The minimum absolute atomic E-state index is 0.0203. The van der Waals surface area contributed by atoms with Crippen molar-refractivity contribution in [2.24, 2.45) is 0 Å². The fraction of sp³-hybridized carbons (Fsp3) is 0.333. The van der Waals surface area contributed by atoms with Gasteiger partial charge in [-0.25, -0.2) is 9.97 Å². The molecule has 0 saturated carbocycles. The first-order valence-electron chi connectivity index (χ1n) is 6.11. The average molecular weight is 277 g/mol. The van der Waals surface area contributed by atoms with Crippen molar-refractivity contribution in [2.45, 2.75) is 25.8 Å². The van der Waals surface area contributed by atoms with Crippen molar-refractivity contribution in [1.29, 1.82) is 0 Å². The standard InChI is InChI=1S/C12H15N5O3/c1-8(4-5-9-3-2-6-20-9)16-12-10(17(18)19)11(13)14-7-15-12/h2-3,6-8H,4-5H2,1H3,(H3,13,14,15,16). The summed E-state index contributed by atoms with van der Waals surface area (Å²) in [6, 6.07) is 3.69. The summed E-state index contributed by atoms with van der Waals surface area (Å²) >= 11 is 0. The predicted molar refractivity (Wildman–Crippen MR) is 73.2 cm³/mol. The number of hydrogen-bond donors (Lipinski definition) is 2. The lowest BCUT2D eigenvalue weighted by atomic mass is 10.1. The Morgan fingerprint density at radius 2 is 2.35 bits per heavy atom. The number of nitrogens with zero attached hydrogens (tertiary/aromatic N) is 3. The molecule has 8 heteroatoms. The molecule has 2 aromatic heterocycles. The summed E-state index contributed by atoms with van der Waals surface area (Å²) < 4.78 is 5.23. The zero-order valence-electron chi connectivity index (χ0n) is 10.9. The monoisotopic (exact) mass is 277 g/mol. The molecule has 0 aliphatic rings. The molecule has 0 saturated heterocycles. The van der Waals surface area contributed by atoms with E-state index < -0.39 is 4.92 Å². The Kier molecular flexibility index (Phi) is 4.14. The van der Waals surface area contributed by atoms with Crippen LogP contribution in [0.2, 0.25) is 0 Å². The van der Waals surface area contributed by atoms with Crippen LogP contribution in [0.15, 0.2) is 29.1 Å². The molecule has 0 amide bonds. The van der Waals surface area contributed by atoms with Crippen molar-refractivity contribution >= 4 is 17.3 Å². The molecule has 2 heterocycles. The molecule has 0 spiro atoms. The minimum Gasteiger partial charge on any atom is -0.469 e. The fourth-order valence-corrected chi connectivity index (χ4v) is 1.80. The summed E-state index contributed by atoms with van der Waals surface area (Å²) in [5.74, 6) is 0.857. The molecule has 2 aromatic rings. The Hall–Kier alpha value is -2.64. The maximum absolute atomic E-state index is 11.0. The van der Waals surface area contributed by atoms with Gasteiger partial charge in [-0.1, -0.05) is 0 Å². The van der Waals surface area contributed by atoms with E-state index in [4.69, 9.17) is 10.2 Å². The number of nitrogens with one attached hydrogen (secondary N) is 1. The molecule has 0 radical (unpaired) electrons. The van der Waals surface area contributed by atoms with Gasteiger partial charge in [-0.2, -0.15) is 0 Å². The van der Waals surface area contributed by atoms with E-state index in [2.05, 4.69) is 15.3 Å². The van der Waals surface area contributed by atoms with E-state index in [-0.39, 0.29) is 23.4 Å². The first kappa shape index (κ1) is 13.8. The highest BCUT2D eigenvalue weighted by Crippen LogP contribution is 2.27. The Labute approximate surface area is 115 Å². The molecule has 0 aliphatic heterocycles.